The lowest BCUT2D eigenvalue weighted by atomic mass is 9.92. The molecule has 2 N–H and O–H groups in total. The number of nitrogens with zero attached hydrogens (tertiary/aromatic N) is 2. The van der Waals surface area contributed by atoms with E-state index in [1.165, 1.54) is 0 Å². The van der Waals surface area contributed by atoms with Gasteiger partial charge in [0.05, 0.1) is 11.7 Å². The predicted octanol–water partition coefficient (Wildman–Crippen LogP) is 2.11. The summed E-state index contributed by atoms with van der Waals surface area (Å²) in [5.41, 5.74) is 7.15. The van der Waals surface area contributed by atoms with E-state index < -0.39 is 0 Å². The molecule has 0 spiro atoms. The van der Waals surface area contributed by atoms with E-state index in [2.05, 4.69) is 25.9 Å². The summed E-state index contributed by atoms with van der Waals surface area (Å²) < 4.78 is 7.33. The van der Waals surface area contributed by atoms with Crippen molar-refractivity contribution < 1.29 is 4.74 Å². The maximum Gasteiger partial charge on any atom is 0.122 e. The van der Waals surface area contributed by atoms with Gasteiger partial charge in [-0.05, 0) is 12.8 Å². The molecule has 1 aliphatic heterocycles. The number of nitrogens with two attached hydrogens (primary N) is 1. The number of rotatable bonds is 1. The summed E-state index contributed by atoms with van der Waals surface area (Å²) in [5, 5.41) is 4.64. The Labute approximate surface area is 96.8 Å². The van der Waals surface area contributed by atoms with Crippen LogP contribution in [0.3, 0.4) is 0 Å². The van der Waals surface area contributed by atoms with Crippen LogP contribution in [0.4, 0.5) is 5.82 Å². The fourth-order valence-electron chi connectivity index (χ4n) is 2.00. The number of anilines is 1. The molecule has 0 amide bonds. The smallest absolute Gasteiger partial charge is 0.122 e. The number of hydrogen-bond donors (Lipinski definition) is 1. The summed E-state index contributed by atoms with van der Waals surface area (Å²) in [7, 11) is 0. The number of hydrogen-bond acceptors (Lipinski definition) is 3. The molecule has 0 aliphatic carbocycles. The van der Waals surface area contributed by atoms with Gasteiger partial charge in [-0.15, -0.1) is 0 Å². The fourth-order valence-corrected chi connectivity index (χ4v) is 2.00. The van der Waals surface area contributed by atoms with Gasteiger partial charge in [0.1, 0.15) is 5.82 Å². The third kappa shape index (κ3) is 2.21. The summed E-state index contributed by atoms with van der Waals surface area (Å²) in [6, 6.07) is 2.40. The van der Waals surface area contributed by atoms with E-state index >= 15 is 0 Å². The van der Waals surface area contributed by atoms with Crippen LogP contribution < -0.4 is 5.73 Å². The van der Waals surface area contributed by atoms with Crippen LogP contribution in [0.1, 0.15) is 45.3 Å². The van der Waals surface area contributed by atoms with Gasteiger partial charge in [0.2, 0.25) is 0 Å². The highest BCUT2D eigenvalue weighted by Crippen LogP contribution is 2.28. The highest BCUT2D eigenvalue weighted by atomic mass is 16.5. The van der Waals surface area contributed by atoms with E-state index in [-0.39, 0.29) is 5.41 Å². The van der Waals surface area contributed by atoms with Crippen LogP contribution in [-0.4, -0.2) is 23.0 Å². The molecule has 0 radical (unpaired) electrons. The van der Waals surface area contributed by atoms with Gasteiger partial charge in [-0.3, -0.25) is 0 Å². The minimum atomic E-state index is 0.0601. The molecule has 1 aromatic heterocycles. The lowest BCUT2D eigenvalue weighted by Gasteiger charge is -2.23. The van der Waals surface area contributed by atoms with Gasteiger partial charge in [0.25, 0.3) is 0 Å². The maximum absolute atomic E-state index is 6.03. The zero-order chi connectivity index (χ0) is 11.8. The van der Waals surface area contributed by atoms with Gasteiger partial charge in [0.15, 0.2) is 0 Å². The molecule has 1 saturated heterocycles. The second-order valence-corrected chi connectivity index (χ2v) is 5.49. The largest absolute Gasteiger partial charge is 0.384 e. The van der Waals surface area contributed by atoms with Crippen LogP contribution in [0.25, 0.3) is 0 Å². The molecule has 2 rings (SSSR count). The second kappa shape index (κ2) is 4.09. The van der Waals surface area contributed by atoms with E-state index in [0.717, 1.165) is 37.6 Å². The first-order chi connectivity index (χ1) is 7.48. The molecule has 0 atom stereocenters. The van der Waals surface area contributed by atoms with Crippen molar-refractivity contribution in [2.45, 2.75) is 45.1 Å². The number of ether oxygens (including phenoxy) is 1. The Balaban J connectivity index is 2.24. The van der Waals surface area contributed by atoms with Crippen molar-refractivity contribution >= 4 is 5.82 Å². The van der Waals surface area contributed by atoms with Crippen molar-refractivity contribution in [3.63, 3.8) is 0 Å². The van der Waals surface area contributed by atoms with Crippen molar-refractivity contribution in [2.75, 3.05) is 18.9 Å². The normalized spacial score (nSPS) is 18.9. The first kappa shape index (κ1) is 11.5. The molecule has 16 heavy (non-hydrogen) atoms. The van der Waals surface area contributed by atoms with Crippen molar-refractivity contribution in [3.8, 4) is 0 Å². The Hall–Kier alpha value is -1.03. The molecule has 4 nitrogen and oxygen atoms in total. The highest BCUT2D eigenvalue weighted by molar-refractivity contribution is 5.34. The van der Waals surface area contributed by atoms with Gasteiger partial charge >= 0.3 is 0 Å². The Bertz CT molecular complexity index is 359. The molecule has 0 aromatic carbocycles. The Morgan fingerprint density at radius 2 is 2.00 bits per heavy atom. The van der Waals surface area contributed by atoms with E-state index in [1.807, 2.05) is 10.7 Å². The fraction of sp³-hybridized carbons (Fsp3) is 0.750. The molecule has 2 heterocycles. The number of aromatic nitrogens is 2. The zero-order valence-electron chi connectivity index (χ0n) is 10.4. The van der Waals surface area contributed by atoms with Crippen molar-refractivity contribution in [1.29, 1.82) is 0 Å². The summed E-state index contributed by atoms with van der Waals surface area (Å²) in [6.45, 7) is 8.10. The topological polar surface area (TPSA) is 53.1 Å². The van der Waals surface area contributed by atoms with Crippen molar-refractivity contribution in [3.05, 3.63) is 11.8 Å². The molecule has 1 aromatic rings. The Kier molecular flexibility index (Phi) is 2.93. The molecule has 4 heteroatoms. The maximum atomic E-state index is 6.03. The van der Waals surface area contributed by atoms with Crippen LogP contribution in [0.15, 0.2) is 6.07 Å². The van der Waals surface area contributed by atoms with Gasteiger partial charge in [-0.25, -0.2) is 4.68 Å². The van der Waals surface area contributed by atoms with E-state index in [9.17, 15) is 0 Å². The average molecular weight is 223 g/mol. The lowest BCUT2D eigenvalue weighted by molar-refractivity contribution is 0.0667. The minimum absolute atomic E-state index is 0.0601. The van der Waals surface area contributed by atoms with Crippen LogP contribution in [0.5, 0.6) is 0 Å². The molecule has 1 aliphatic rings. The summed E-state index contributed by atoms with van der Waals surface area (Å²) in [4.78, 5) is 0. The van der Waals surface area contributed by atoms with Crippen LogP contribution in [0, 0.1) is 0 Å². The summed E-state index contributed by atoms with van der Waals surface area (Å²) in [5.74, 6) is 0.775. The van der Waals surface area contributed by atoms with Crippen molar-refractivity contribution in [2.24, 2.45) is 0 Å². The average Bonchev–Trinajstić information content (AvgIpc) is 2.61. The van der Waals surface area contributed by atoms with Crippen LogP contribution in [-0.2, 0) is 10.2 Å². The SMILES string of the molecule is CC(C)(C)c1cc(N)n(C2CCOCC2)n1. The Morgan fingerprint density at radius 1 is 1.38 bits per heavy atom. The molecule has 90 valence electrons. The molecular weight excluding hydrogens is 202 g/mol. The van der Waals surface area contributed by atoms with Crippen LogP contribution in [0.2, 0.25) is 0 Å². The second-order valence-electron chi connectivity index (χ2n) is 5.49. The summed E-state index contributed by atoms with van der Waals surface area (Å²) >= 11 is 0. The molecular formula is C12H21N3O. The Morgan fingerprint density at radius 3 is 2.50 bits per heavy atom. The minimum Gasteiger partial charge on any atom is -0.384 e. The monoisotopic (exact) mass is 223 g/mol. The van der Waals surface area contributed by atoms with Gasteiger partial charge < -0.3 is 10.5 Å². The zero-order valence-corrected chi connectivity index (χ0v) is 10.4. The third-order valence-corrected chi connectivity index (χ3v) is 3.07. The van der Waals surface area contributed by atoms with Gasteiger partial charge in [0, 0.05) is 24.7 Å². The van der Waals surface area contributed by atoms with E-state index in [0.29, 0.717) is 6.04 Å². The first-order valence-corrected chi connectivity index (χ1v) is 5.92. The van der Waals surface area contributed by atoms with Crippen molar-refractivity contribution in [1.82, 2.24) is 9.78 Å². The van der Waals surface area contributed by atoms with Gasteiger partial charge in [-0.1, -0.05) is 20.8 Å². The quantitative estimate of drug-likeness (QED) is 0.793. The van der Waals surface area contributed by atoms with Crippen LogP contribution >= 0.6 is 0 Å². The van der Waals surface area contributed by atoms with E-state index in [4.69, 9.17) is 10.5 Å². The molecule has 0 unspecified atom stereocenters. The van der Waals surface area contributed by atoms with E-state index in [1.54, 1.807) is 0 Å². The molecule has 1 fully saturated rings. The summed E-state index contributed by atoms with van der Waals surface area (Å²) in [6.07, 6.45) is 2.02. The van der Waals surface area contributed by atoms with Gasteiger partial charge in [-0.2, -0.15) is 5.10 Å². The molecule has 0 bridgehead atoms. The lowest BCUT2D eigenvalue weighted by Crippen LogP contribution is -2.22. The third-order valence-electron chi connectivity index (χ3n) is 3.07. The molecule has 0 saturated carbocycles. The predicted molar refractivity (Wildman–Crippen MR) is 64.4 cm³/mol. The first-order valence-electron chi connectivity index (χ1n) is 5.92. The standard InChI is InChI=1S/C12H21N3O/c1-12(2,3)10-8-11(13)15(14-10)9-4-6-16-7-5-9/h8-9H,4-7,13H2,1-3H3. The highest BCUT2D eigenvalue weighted by Gasteiger charge is 2.23. The number of nitrogen functional groups attached to an aromatic ring is 1.